The zero-order chi connectivity index (χ0) is 27.4. The highest BCUT2D eigenvalue weighted by Crippen LogP contribution is 2.43. The standard InChI is InChI=1S/C30H29ClFN7O/c1-30(40)15-33-8-7-26(30)36-14-25-27-21(16-2-3-16)12-34-13-24(27)38-29(39-25)18-6-9-35-28-19(18)11-23(37-28)20-10-17(32)4-5-22(20)31/h4-6,9-13,16,26,33,36,40H,2-3,7-8,14-15H2,1H3,(H,35,37)/t26-,30-/m1/s1. The molecule has 1 aliphatic heterocycles. The van der Waals surface area contributed by atoms with Crippen molar-refractivity contribution in [3.8, 4) is 22.6 Å². The SMILES string of the molecule is C[C@@]1(O)CNCC[C@H]1NCc1nc(-c2ccnc3[nH]c(-c4cc(F)ccc4Cl)cc23)nc2cncc(C3CC3)c12. The van der Waals surface area contributed by atoms with Crippen molar-refractivity contribution in [2.75, 3.05) is 13.1 Å². The average molecular weight is 558 g/mol. The number of rotatable bonds is 6. The van der Waals surface area contributed by atoms with Gasteiger partial charge in [0.2, 0.25) is 0 Å². The maximum absolute atomic E-state index is 14.0. The Kier molecular flexibility index (Phi) is 6.27. The number of halogens is 2. The third-order valence-electron chi connectivity index (χ3n) is 8.08. The first-order valence-electron chi connectivity index (χ1n) is 13.6. The maximum Gasteiger partial charge on any atom is 0.160 e. The van der Waals surface area contributed by atoms with E-state index in [1.54, 1.807) is 18.5 Å². The number of nitrogens with zero attached hydrogens (tertiary/aromatic N) is 4. The number of piperidine rings is 1. The monoisotopic (exact) mass is 557 g/mol. The Morgan fingerprint density at radius 2 is 2.00 bits per heavy atom. The Morgan fingerprint density at radius 1 is 1.12 bits per heavy atom. The highest BCUT2D eigenvalue weighted by molar-refractivity contribution is 6.33. The van der Waals surface area contributed by atoms with Crippen molar-refractivity contribution >= 4 is 33.5 Å². The zero-order valence-corrected chi connectivity index (χ0v) is 22.8. The number of pyridine rings is 2. The molecule has 2 aliphatic rings. The van der Waals surface area contributed by atoms with Crippen molar-refractivity contribution in [2.45, 2.75) is 50.3 Å². The van der Waals surface area contributed by atoms with E-state index >= 15 is 0 Å². The Balaban J connectivity index is 1.34. The highest BCUT2D eigenvalue weighted by atomic mass is 35.5. The van der Waals surface area contributed by atoms with Gasteiger partial charge in [-0.3, -0.25) is 4.98 Å². The summed E-state index contributed by atoms with van der Waals surface area (Å²) in [7, 11) is 0. The molecule has 0 amide bonds. The largest absolute Gasteiger partial charge is 0.387 e. The van der Waals surface area contributed by atoms with E-state index in [1.165, 1.54) is 17.7 Å². The van der Waals surface area contributed by atoms with Crippen LogP contribution >= 0.6 is 11.6 Å². The van der Waals surface area contributed by atoms with Crippen LogP contribution in [-0.4, -0.2) is 54.8 Å². The fraction of sp³-hybridized carbons (Fsp3) is 0.333. The predicted molar refractivity (Wildman–Crippen MR) is 154 cm³/mol. The number of hydrogen-bond acceptors (Lipinski definition) is 7. The number of hydrogen-bond donors (Lipinski definition) is 4. The normalized spacial score (nSPS) is 21.4. The van der Waals surface area contributed by atoms with Gasteiger partial charge in [0.05, 0.1) is 28.0 Å². The molecule has 4 aromatic heterocycles. The topological polar surface area (TPSA) is 112 Å². The van der Waals surface area contributed by atoms with Gasteiger partial charge < -0.3 is 20.7 Å². The Hall–Kier alpha value is -3.50. The summed E-state index contributed by atoms with van der Waals surface area (Å²) in [6, 6.07) is 8.02. The Bertz CT molecular complexity index is 1750. The van der Waals surface area contributed by atoms with Gasteiger partial charge in [-0.15, -0.1) is 0 Å². The molecule has 10 heteroatoms. The smallest absolute Gasteiger partial charge is 0.160 e. The number of H-pyrrole nitrogens is 1. The molecular formula is C30H29ClFN7O. The van der Waals surface area contributed by atoms with E-state index in [9.17, 15) is 9.50 Å². The van der Waals surface area contributed by atoms with Crippen LogP contribution in [0.1, 0.15) is 43.4 Å². The van der Waals surface area contributed by atoms with Crippen LogP contribution in [0, 0.1) is 5.82 Å². The Labute approximate surface area is 235 Å². The Morgan fingerprint density at radius 3 is 2.83 bits per heavy atom. The summed E-state index contributed by atoms with van der Waals surface area (Å²) in [5.74, 6) is 0.662. The number of aromatic nitrogens is 5. The molecule has 1 aliphatic carbocycles. The minimum absolute atomic E-state index is 0.0655. The van der Waals surface area contributed by atoms with E-state index in [0.717, 1.165) is 53.4 Å². The quantitative estimate of drug-likeness (QED) is 0.230. The maximum atomic E-state index is 14.0. The molecule has 4 N–H and O–H groups in total. The van der Waals surface area contributed by atoms with Gasteiger partial charge in [0.25, 0.3) is 0 Å². The van der Waals surface area contributed by atoms with E-state index in [4.69, 9.17) is 21.6 Å². The van der Waals surface area contributed by atoms with Crippen molar-refractivity contribution in [1.29, 1.82) is 0 Å². The highest BCUT2D eigenvalue weighted by Gasteiger charge is 2.34. The first-order valence-corrected chi connectivity index (χ1v) is 14.0. The zero-order valence-electron chi connectivity index (χ0n) is 22.0. The fourth-order valence-electron chi connectivity index (χ4n) is 5.77. The van der Waals surface area contributed by atoms with E-state index < -0.39 is 5.60 Å². The first-order chi connectivity index (χ1) is 19.4. The number of fused-ring (bicyclic) bond motifs is 2. The lowest BCUT2D eigenvalue weighted by atomic mass is 9.90. The average Bonchev–Trinajstić information content (AvgIpc) is 3.70. The van der Waals surface area contributed by atoms with Crippen molar-refractivity contribution in [2.24, 2.45) is 0 Å². The predicted octanol–water partition coefficient (Wildman–Crippen LogP) is 5.11. The number of aromatic amines is 1. The molecule has 204 valence electrons. The third kappa shape index (κ3) is 4.62. The lowest BCUT2D eigenvalue weighted by molar-refractivity contribution is 0.00147. The second-order valence-corrected chi connectivity index (χ2v) is 11.5. The van der Waals surface area contributed by atoms with Gasteiger partial charge in [-0.25, -0.2) is 19.3 Å². The molecule has 0 spiro atoms. The second-order valence-electron chi connectivity index (χ2n) is 11.1. The molecular weight excluding hydrogens is 529 g/mol. The summed E-state index contributed by atoms with van der Waals surface area (Å²) in [5, 5.41) is 20.1. The van der Waals surface area contributed by atoms with Crippen LogP contribution in [-0.2, 0) is 6.54 Å². The summed E-state index contributed by atoms with van der Waals surface area (Å²) < 4.78 is 14.0. The van der Waals surface area contributed by atoms with Crippen molar-refractivity contribution in [1.82, 2.24) is 35.6 Å². The van der Waals surface area contributed by atoms with Crippen LogP contribution in [0.15, 0.2) is 48.9 Å². The second kappa shape index (κ2) is 9.85. The number of aliphatic hydroxyl groups is 1. The fourth-order valence-corrected chi connectivity index (χ4v) is 5.99. The van der Waals surface area contributed by atoms with Crippen molar-refractivity contribution in [3.05, 3.63) is 71.0 Å². The molecule has 1 saturated heterocycles. The summed E-state index contributed by atoms with van der Waals surface area (Å²) in [4.78, 5) is 22.4. The van der Waals surface area contributed by atoms with Crippen LogP contribution in [0.4, 0.5) is 4.39 Å². The van der Waals surface area contributed by atoms with Crippen molar-refractivity contribution < 1.29 is 9.50 Å². The molecule has 40 heavy (non-hydrogen) atoms. The molecule has 8 nitrogen and oxygen atoms in total. The summed E-state index contributed by atoms with van der Waals surface area (Å²) >= 11 is 6.40. The van der Waals surface area contributed by atoms with Gasteiger partial charge in [0.1, 0.15) is 11.5 Å². The molecule has 0 radical (unpaired) electrons. The summed E-state index contributed by atoms with van der Waals surface area (Å²) in [6.07, 6.45) is 8.54. The first kappa shape index (κ1) is 25.5. The van der Waals surface area contributed by atoms with Crippen LogP contribution in [0.25, 0.3) is 44.6 Å². The molecule has 2 atom stereocenters. The molecule has 5 aromatic rings. The number of β-amino-alcohol motifs (C(OH)–C–C–N with tert-alkyl or cyclic N) is 1. The van der Waals surface area contributed by atoms with Gasteiger partial charge in [0, 0.05) is 59.1 Å². The minimum Gasteiger partial charge on any atom is -0.387 e. The molecule has 7 rings (SSSR count). The molecule has 5 heterocycles. The molecule has 0 bridgehead atoms. The number of benzene rings is 1. The summed E-state index contributed by atoms with van der Waals surface area (Å²) in [6.45, 7) is 3.74. The number of nitrogens with one attached hydrogen (secondary N) is 3. The van der Waals surface area contributed by atoms with E-state index in [2.05, 4.69) is 25.6 Å². The van der Waals surface area contributed by atoms with Gasteiger partial charge >= 0.3 is 0 Å². The van der Waals surface area contributed by atoms with E-state index in [1.807, 2.05) is 25.3 Å². The van der Waals surface area contributed by atoms with Crippen molar-refractivity contribution in [3.63, 3.8) is 0 Å². The molecule has 1 saturated carbocycles. The molecule has 2 fully saturated rings. The third-order valence-corrected chi connectivity index (χ3v) is 8.41. The lowest BCUT2D eigenvalue weighted by Crippen LogP contribution is -2.58. The van der Waals surface area contributed by atoms with Gasteiger partial charge in [-0.05, 0) is 74.5 Å². The van der Waals surface area contributed by atoms with Gasteiger partial charge in [-0.2, -0.15) is 0 Å². The van der Waals surface area contributed by atoms with Gasteiger partial charge in [-0.1, -0.05) is 11.6 Å². The van der Waals surface area contributed by atoms with E-state index in [-0.39, 0.29) is 11.9 Å². The minimum atomic E-state index is -0.859. The van der Waals surface area contributed by atoms with Crippen LogP contribution < -0.4 is 10.6 Å². The van der Waals surface area contributed by atoms with E-state index in [0.29, 0.717) is 46.8 Å². The van der Waals surface area contributed by atoms with Crippen LogP contribution in [0.3, 0.4) is 0 Å². The van der Waals surface area contributed by atoms with Crippen LogP contribution in [0.5, 0.6) is 0 Å². The van der Waals surface area contributed by atoms with Crippen LogP contribution in [0.2, 0.25) is 5.02 Å². The lowest BCUT2D eigenvalue weighted by Gasteiger charge is -2.38. The molecule has 1 aromatic carbocycles. The molecule has 0 unspecified atom stereocenters. The summed E-state index contributed by atoms with van der Waals surface area (Å²) in [5.41, 5.74) is 4.64. The van der Waals surface area contributed by atoms with Gasteiger partial charge in [0.15, 0.2) is 5.82 Å².